The second-order valence-electron chi connectivity index (χ2n) is 3.25. The molecule has 82 valence electrons. The highest BCUT2D eigenvalue weighted by molar-refractivity contribution is 6.32. The second kappa shape index (κ2) is 5.03. The second-order valence-corrected chi connectivity index (χ2v) is 3.62. The minimum Gasteiger partial charge on any atom is -0.466 e. The van der Waals surface area contributed by atoms with Crippen LogP contribution in [-0.2, 0) is 16.0 Å². The van der Waals surface area contributed by atoms with Crippen LogP contribution in [0, 0.1) is 6.92 Å². The van der Waals surface area contributed by atoms with Gasteiger partial charge in [-0.1, -0.05) is 17.7 Å². The van der Waals surface area contributed by atoms with Gasteiger partial charge in [0.05, 0.1) is 13.0 Å². The maximum Gasteiger partial charge on any atom is 0.310 e. The van der Waals surface area contributed by atoms with Gasteiger partial charge in [-0.05, 0) is 25.5 Å². The lowest BCUT2D eigenvalue weighted by molar-refractivity contribution is -0.142. The standard InChI is InChI=1S/C11H14ClNO2/c1-3-15-10(14)6-8-9(13)5-4-7(2)11(8)12/h4-5H,3,6,13H2,1-2H3. The number of ether oxygens (including phenoxy) is 1. The van der Waals surface area contributed by atoms with Crippen molar-refractivity contribution in [3.05, 3.63) is 28.3 Å². The Kier molecular flexibility index (Phi) is 3.97. The molecule has 0 aliphatic carbocycles. The van der Waals surface area contributed by atoms with Gasteiger partial charge in [0, 0.05) is 16.3 Å². The Morgan fingerprint density at radius 3 is 2.80 bits per heavy atom. The van der Waals surface area contributed by atoms with E-state index < -0.39 is 0 Å². The maximum atomic E-state index is 11.3. The number of rotatable bonds is 3. The summed E-state index contributed by atoms with van der Waals surface area (Å²) in [6.45, 7) is 4.00. The van der Waals surface area contributed by atoms with E-state index >= 15 is 0 Å². The van der Waals surface area contributed by atoms with Crippen LogP contribution in [-0.4, -0.2) is 12.6 Å². The molecule has 0 aliphatic heterocycles. The predicted molar refractivity (Wildman–Crippen MR) is 60.9 cm³/mol. The smallest absolute Gasteiger partial charge is 0.310 e. The van der Waals surface area contributed by atoms with Crippen molar-refractivity contribution in [3.8, 4) is 0 Å². The van der Waals surface area contributed by atoms with Crippen LogP contribution in [0.1, 0.15) is 18.1 Å². The van der Waals surface area contributed by atoms with Crippen LogP contribution in [0.25, 0.3) is 0 Å². The summed E-state index contributed by atoms with van der Waals surface area (Å²) in [5, 5.41) is 0.544. The molecular weight excluding hydrogens is 214 g/mol. The molecule has 0 aliphatic rings. The van der Waals surface area contributed by atoms with Gasteiger partial charge in [-0.15, -0.1) is 0 Å². The highest BCUT2D eigenvalue weighted by Crippen LogP contribution is 2.26. The fraction of sp³-hybridized carbons (Fsp3) is 0.364. The Morgan fingerprint density at radius 1 is 1.53 bits per heavy atom. The molecule has 1 rings (SSSR count). The van der Waals surface area contributed by atoms with Gasteiger partial charge in [-0.25, -0.2) is 0 Å². The van der Waals surface area contributed by atoms with Crippen molar-refractivity contribution in [1.82, 2.24) is 0 Å². The van der Waals surface area contributed by atoms with Crippen molar-refractivity contribution in [1.29, 1.82) is 0 Å². The largest absolute Gasteiger partial charge is 0.466 e. The molecular formula is C11H14ClNO2. The molecule has 0 atom stereocenters. The highest BCUT2D eigenvalue weighted by atomic mass is 35.5. The van der Waals surface area contributed by atoms with Gasteiger partial charge in [0.2, 0.25) is 0 Å². The number of nitrogen functional groups attached to an aromatic ring is 1. The molecule has 15 heavy (non-hydrogen) atoms. The zero-order chi connectivity index (χ0) is 11.4. The van der Waals surface area contributed by atoms with Crippen LogP contribution >= 0.6 is 11.6 Å². The number of carbonyl (C=O) groups is 1. The minimum atomic E-state index is -0.309. The number of halogens is 1. The van der Waals surface area contributed by atoms with E-state index in [0.29, 0.717) is 22.9 Å². The number of aryl methyl sites for hydroxylation is 1. The Balaban J connectivity index is 2.93. The molecule has 0 saturated heterocycles. The molecule has 1 aromatic carbocycles. The van der Waals surface area contributed by atoms with E-state index in [-0.39, 0.29) is 12.4 Å². The lowest BCUT2D eigenvalue weighted by Gasteiger charge is -2.09. The zero-order valence-corrected chi connectivity index (χ0v) is 9.60. The molecule has 0 saturated carbocycles. The fourth-order valence-corrected chi connectivity index (χ4v) is 1.53. The molecule has 2 N–H and O–H groups in total. The lowest BCUT2D eigenvalue weighted by Crippen LogP contribution is -2.10. The van der Waals surface area contributed by atoms with Crippen molar-refractivity contribution >= 4 is 23.3 Å². The summed E-state index contributed by atoms with van der Waals surface area (Å²) in [5.74, 6) is -0.309. The van der Waals surface area contributed by atoms with E-state index in [1.807, 2.05) is 13.0 Å². The van der Waals surface area contributed by atoms with Gasteiger partial charge < -0.3 is 10.5 Å². The van der Waals surface area contributed by atoms with Crippen LogP contribution in [0.5, 0.6) is 0 Å². The summed E-state index contributed by atoms with van der Waals surface area (Å²) in [6, 6.07) is 3.57. The van der Waals surface area contributed by atoms with Crippen LogP contribution in [0.15, 0.2) is 12.1 Å². The summed E-state index contributed by atoms with van der Waals surface area (Å²) in [5.41, 5.74) is 7.82. The molecule has 0 bridgehead atoms. The third-order valence-corrected chi connectivity index (χ3v) is 2.63. The van der Waals surface area contributed by atoms with Gasteiger partial charge in [0.1, 0.15) is 0 Å². The highest BCUT2D eigenvalue weighted by Gasteiger charge is 2.12. The zero-order valence-electron chi connectivity index (χ0n) is 8.84. The van der Waals surface area contributed by atoms with Crippen LogP contribution in [0.3, 0.4) is 0 Å². The van der Waals surface area contributed by atoms with E-state index in [9.17, 15) is 4.79 Å². The molecule has 0 amide bonds. The molecule has 3 nitrogen and oxygen atoms in total. The average molecular weight is 228 g/mol. The van der Waals surface area contributed by atoms with Crippen LogP contribution in [0.2, 0.25) is 5.02 Å². The SMILES string of the molecule is CCOC(=O)Cc1c(N)ccc(C)c1Cl. The summed E-state index contributed by atoms with van der Waals surface area (Å²) in [7, 11) is 0. The van der Waals surface area contributed by atoms with Crippen LogP contribution < -0.4 is 5.73 Å². The Bertz CT molecular complexity index is 377. The monoisotopic (exact) mass is 227 g/mol. The van der Waals surface area contributed by atoms with E-state index in [2.05, 4.69) is 0 Å². The minimum absolute atomic E-state index is 0.125. The van der Waals surface area contributed by atoms with Gasteiger partial charge in [0.25, 0.3) is 0 Å². The molecule has 4 heteroatoms. The molecule has 0 radical (unpaired) electrons. The van der Waals surface area contributed by atoms with E-state index in [4.69, 9.17) is 22.1 Å². The number of hydrogen-bond donors (Lipinski definition) is 1. The first-order valence-corrected chi connectivity index (χ1v) is 5.13. The third kappa shape index (κ3) is 2.86. The number of esters is 1. The third-order valence-electron chi connectivity index (χ3n) is 2.10. The quantitative estimate of drug-likeness (QED) is 0.637. The maximum absolute atomic E-state index is 11.3. The Labute approximate surface area is 94.2 Å². The van der Waals surface area contributed by atoms with Crippen LogP contribution in [0.4, 0.5) is 5.69 Å². The van der Waals surface area contributed by atoms with Crippen molar-refractivity contribution in [2.75, 3.05) is 12.3 Å². The Hall–Kier alpha value is -1.22. The van der Waals surface area contributed by atoms with Gasteiger partial charge in [-0.3, -0.25) is 4.79 Å². The normalized spacial score (nSPS) is 10.1. The van der Waals surface area contributed by atoms with Crippen molar-refractivity contribution in [3.63, 3.8) is 0 Å². The summed E-state index contributed by atoms with van der Waals surface area (Å²) in [4.78, 5) is 11.3. The first-order chi connectivity index (χ1) is 7.06. The van der Waals surface area contributed by atoms with E-state index in [1.54, 1.807) is 13.0 Å². The molecule has 0 spiro atoms. The van der Waals surface area contributed by atoms with Gasteiger partial charge in [0.15, 0.2) is 0 Å². The van der Waals surface area contributed by atoms with Crippen molar-refractivity contribution in [2.45, 2.75) is 20.3 Å². The van der Waals surface area contributed by atoms with Crippen molar-refractivity contribution in [2.24, 2.45) is 0 Å². The number of benzene rings is 1. The van der Waals surface area contributed by atoms with Gasteiger partial charge >= 0.3 is 5.97 Å². The Morgan fingerprint density at radius 2 is 2.20 bits per heavy atom. The fourth-order valence-electron chi connectivity index (χ4n) is 1.29. The molecule has 0 fully saturated rings. The number of carbonyl (C=O) groups excluding carboxylic acids is 1. The van der Waals surface area contributed by atoms with Gasteiger partial charge in [-0.2, -0.15) is 0 Å². The number of hydrogen-bond acceptors (Lipinski definition) is 3. The summed E-state index contributed by atoms with van der Waals surface area (Å²) < 4.78 is 4.84. The molecule has 1 aromatic rings. The first-order valence-electron chi connectivity index (χ1n) is 4.75. The first kappa shape index (κ1) is 11.9. The molecule has 0 unspecified atom stereocenters. The molecule has 0 aromatic heterocycles. The summed E-state index contributed by atoms with van der Waals surface area (Å²) in [6.07, 6.45) is 0.125. The average Bonchev–Trinajstić information content (AvgIpc) is 2.19. The van der Waals surface area contributed by atoms with Crippen molar-refractivity contribution < 1.29 is 9.53 Å². The lowest BCUT2D eigenvalue weighted by atomic mass is 10.1. The topological polar surface area (TPSA) is 52.3 Å². The number of nitrogens with two attached hydrogens (primary N) is 1. The molecule has 0 heterocycles. The van der Waals surface area contributed by atoms with E-state index in [0.717, 1.165) is 5.56 Å². The summed E-state index contributed by atoms with van der Waals surface area (Å²) >= 11 is 6.05. The number of anilines is 1. The predicted octanol–water partition coefficient (Wildman–Crippen LogP) is 2.34. The van der Waals surface area contributed by atoms with E-state index in [1.165, 1.54) is 0 Å².